The molecule has 1 aliphatic heterocycles. The number of nitrogens with two attached hydrogens (primary N) is 1. The highest BCUT2D eigenvalue weighted by molar-refractivity contribution is 5.20. The summed E-state index contributed by atoms with van der Waals surface area (Å²) in [5, 5.41) is 0. The third kappa shape index (κ3) is 3.70. The molecular weight excluding hydrogens is 250 g/mol. The fraction of sp³-hybridized carbons (Fsp3) is 0.688. The Morgan fingerprint density at radius 1 is 1.40 bits per heavy atom. The van der Waals surface area contributed by atoms with Gasteiger partial charge in [0.15, 0.2) is 0 Å². The monoisotopic (exact) mass is 277 g/mol. The van der Waals surface area contributed by atoms with Gasteiger partial charge in [0.25, 0.3) is 0 Å². The minimum absolute atomic E-state index is 0.149. The number of likely N-dealkylation sites (tertiary alicyclic amines) is 1. The molecule has 1 aromatic heterocycles. The lowest BCUT2D eigenvalue weighted by Gasteiger charge is -2.34. The number of hydrogen-bond donors (Lipinski definition) is 1. The molecule has 4 nitrogen and oxygen atoms in total. The zero-order valence-electron chi connectivity index (χ0n) is 12.9. The molecule has 4 heteroatoms. The Bertz CT molecular complexity index is 422. The Morgan fingerprint density at radius 3 is 2.90 bits per heavy atom. The highest BCUT2D eigenvalue weighted by atomic mass is 16.5. The molecular formula is C16H27N3O. The molecule has 20 heavy (non-hydrogen) atoms. The number of aromatic nitrogens is 1. The summed E-state index contributed by atoms with van der Waals surface area (Å²) in [6.45, 7) is 6.69. The van der Waals surface area contributed by atoms with Gasteiger partial charge in [-0.25, -0.2) is 4.98 Å². The van der Waals surface area contributed by atoms with Crippen LogP contribution in [0.2, 0.25) is 0 Å². The maximum Gasteiger partial charge on any atom is 0.213 e. The number of ether oxygens (including phenoxy) is 1. The topological polar surface area (TPSA) is 51.4 Å². The minimum atomic E-state index is 0.149. The zero-order valence-corrected chi connectivity index (χ0v) is 12.9. The molecule has 2 atom stereocenters. The molecule has 0 aromatic carbocycles. The van der Waals surface area contributed by atoms with E-state index in [0.717, 1.165) is 25.2 Å². The van der Waals surface area contributed by atoms with Crippen LogP contribution in [0.5, 0.6) is 5.88 Å². The molecule has 0 spiro atoms. The molecule has 2 rings (SSSR count). The SMILES string of the molecule is COc1cccc(C2C(N)CCCCN2CC(C)C)n1. The van der Waals surface area contributed by atoms with Crippen LogP contribution >= 0.6 is 0 Å². The van der Waals surface area contributed by atoms with Crippen molar-refractivity contribution >= 4 is 0 Å². The van der Waals surface area contributed by atoms with Crippen molar-refractivity contribution in [1.82, 2.24) is 9.88 Å². The van der Waals surface area contributed by atoms with E-state index in [1.54, 1.807) is 7.11 Å². The molecule has 1 saturated heterocycles. The van der Waals surface area contributed by atoms with E-state index in [9.17, 15) is 0 Å². The van der Waals surface area contributed by atoms with Gasteiger partial charge < -0.3 is 10.5 Å². The van der Waals surface area contributed by atoms with Gasteiger partial charge in [-0.15, -0.1) is 0 Å². The van der Waals surface area contributed by atoms with Crippen LogP contribution in [0.3, 0.4) is 0 Å². The van der Waals surface area contributed by atoms with Crippen LogP contribution in [0.4, 0.5) is 0 Å². The van der Waals surface area contributed by atoms with Crippen LogP contribution in [0.25, 0.3) is 0 Å². The smallest absolute Gasteiger partial charge is 0.213 e. The van der Waals surface area contributed by atoms with Crippen molar-refractivity contribution < 1.29 is 4.74 Å². The van der Waals surface area contributed by atoms with Gasteiger partial charge in [-0.3, -0.25) is 4.90 Å². The van der Waals surface area contributed by atoms with E-state index in [4.69, 9.17) is 10.5 Å². The fourth-order valence-electron chi connectivity index (χ4n) is 3.05. The van der Waals surface area contributed by atoms with Gasteiger partial charge in [0.05, 0.1) is 18.8 Å². The molecule has 1 aliphatic rings. The summed E-state index contributed by atoms with van der Waals surface area (Å²) < 4.78 is 5.26. The van der Waals surface area contributed by atoms with Crippen LogP contribution in [-0.4, -0.2) is 36.1 Å². The van der Waals surface area contributed by atoms with Gasteiger partial charge in [-0.2, -0.15) is 0 Å². The van der Waals surface area contributed by atoms with E-state index >= 15 is 0 Å². The van der Waals surface area contributed by atoms with Gasteiger partial charge in [0, 0.05) is 18.7 Å². The van der Waals surface area contributed by atoms with E-state index in [0.29, 0.717) is 11.8 Å². The number of methoxy groups -OCH3 is 1. The molecule has 0 amide bonds. The van der Waals surface area contributed by atoms with E-state index in [1.807, 2.05) is 12.1 Å². The highest BCUT2D eigenvalue weighted by Crippen LogP contribution is 2.29. The second-order valence-corrected chi connectivity index (χ2v) is 6.10. The first-order chi connectivity index (χ1) is 9.61. The first kappa shape index (κ1) is 15.3. The minimum Gasteiger partial charge on any atom is -0.481 e. The van der Waals surface area contributed by atoms with Crippen LogP contribution in [0, 0.1) is 5.92 Å². The van der Waals surface area contributed by atoms with Gasteiger partial charge in [0.2, 0.25) is 5.88 Å². The summed E-state index contributed by atoms with van der Waals surface area (Å²) in [4.78, 5) is 7.12. The second kappa shape index (κ2) is 7.04. The largest absolute Gasteiger partial charge is 0.481 e. The molecule has 2 heterocycles. The molecule has 1 fully saturated rings. The van der Waals surface area contributed by atoms with Gasteiger partial charge >= 0.3 is 0 Å². The van der Waals surface area contributed by atoms with Crippen molar-refractivity contribution in [2.75, 3.05) is 20.2 Å². The van der Waals surface area contributed by atoms with E-state index in [2.05, 4.69) is 29.8 Å². The van der Waals surface area contributed by atoms with Crippen molar-refractivity contribution in [2.24, 2.45) is 11.7 Å². The molecule has 1 aromatic rings. The Balaban J connectivity index is 2.29. The van der Waals surface area contributed by atoms with Crippen molar-refractivity contribution in [3.05, 3.63) is 23.9 Å². The summed E-state index contributed by atoms with van der Waals surface area (Å²) in [7, 11) is 1.66. The Morgan fingerprint density at radius 2 is 2.20 bits per heavy atom. The van der Waals surface area contributed by atoms with Crippen molar-refractivity contribution in [3.8, 4) is 5.88 Å². The third-order valence-electron chi connectivity index (χ3n) is 3.89. The van der Waals surface area contributed by atoms with Gasteiger partial charge in [-0.1, -0.05) is 26.3 Å². The predicted molar refractivity (Wildman–Crippen MR) is 81.8 cm³/mol. The lowest BCUT2D eigenvalue weighted by Crippen LogP contribution is -2.41. The van der Waals surface area contributed by atoms with Gasteiger partial charge in [-0.05, 0) is 31.4 Å². The quantitative estimate of drug-likeness (QED) is 0.919. The standard InChI is InChI=1S/C16H27N3O/c1-12(2)11-19-10-5-4-7-13(17)16(19)14-8-6-9-15(18-14)20-3/h6,8-9,12-13,16H,4-5,7,10-11,17H2,1-3H3. The van der Waals surface area contributed by atoms with Gasteiger partial charge in [0.1, 0.15) is 0 Å². The first-order valence-electron chi connectivity index (χ1n) is 7.62. The summed E-state index contributed by atoms with van der Waals surface area (Å²) in [6.07, 6.45) is 3.50. The van der Waals surface area contributed by atoms with Crippen molar-refractivity contribution in [1.29, 1.82) is 0 Å². The van der Waals surface area contributed by atoms with Crippen molar-refractivity contribution in [2.45, 2.75) is 45.2 Å². The second-order valence-electron chi connectivity index (χ2n) is 6.10. The zero-order chi connectivity index (χ0) is 14.5. The number of hydrogen-bond acceptors (Lipinski definition) is 4. The average molecular weight is 277 g/mol. The average Bonchev–Trinajstić information content (AvgIpc) is 2.60. The van der Waals surface area contributed by atoms with Crippen LogP contribution in [-0.2, 0) is 0 Å². The van der Waals surface area contributed by atoms with Crippen LogP contribution in [0.1, 0.15) is 44.8 Å². The Labute approximate surface area is 122 Å². The summed E-state index contributed by atoms with van der Waals surface area (Å²) in [6, 6.07) is 6.32. The highest BCUT2D eigenvalue weighted by Gasteiger charge is 2.30. The predicted octanol–water partition coefficient (Wildman–Crippen LogP) is 2.60. The van der Waals surface area contributed by atoms with Crippen LogP contribution in [0.15, 0.2) is 18.2 Å². The van der Waals surface area contributed by atoms with E-state index < -0.39 is 0 Å². The van der Waals surface area contributed by atoms with E-state index in [1.165, 1.54) is 12.8 Å². The molecule has 0 radical (unpaired) electrons. The summed E-state index contributed by atoms with van der Waals surface area (Å²) in [5.74, 6) is 1.30. The molecule has 0 saturated carbocycles. The normalized spacial score (nSPS) is 24.6. The molecule has 2 N–H and O–H groups in total. The van der Waals surface area contributed by atoms with Crippen molar-refractivity contribution in [3.63, 3.8) is 0 Å². The number of rotatable bonds is 4. The summed E-state index contributed by atoms with van der Waals surface area (Å²) in [5.41, 5.74) is 7.49. The Kier molecular flexibility index (Phi) is 5.38. The van der Waals surface area contributed by atoms with E-state index in [-0.39, 0.29) is 12.1 Å². The first-order valence-corrected chi connectivity index (χ1v) is 7.62. The number of pyridine rings is 1. The molecule has 112 valence electrons. The lowest BCUT2D eigenvalue weighted by atomic mass is 9.99. The third-order valence-corrected chi connectivity index (χ3v) is 3.89. The Hall–Kier alpha value is -1.13. The summed E-state index contributed by atoms with van der Waals surface area (Å²) >= 11 is 0. The fourth-order valence-corrected chi connectivity index (χ4v) is 3.05. The molecule has 2 unspecified atom stereocenters. The molecule has 0 bridgehead atoms. The molecule has 0 aliphatic carbocycles. The number of nitrogens with zero attached hydrogens (tertiary/aromatic N) is 2. The maximum absolute atomic E-state index is 6.45. The van der Waals surface area contributed by atoms with Crippen LogP contribution < -0.4 is 10.5 Å². The maximum atomic E-state index is 6.45. The lowest BCUT2D eigenvalue weighted by molar-refractivity contribution is 0.161.